The van der Waals surface area contributed by atoms with Crippen molar-refractivity contribution in [2.75, 3.05) is 12.4 Å². The number of aromatic hydroxyl groups is 1. The fourth-order valence-electron chi connectivity index (χ4n) is 1.37. The summed E-state index contributed by atoms with van der Waals surface area (Å²) in [4.78, 5) is 11.8. The molecule has 2 rings (SSSR count). The Bertz CT molecular complexity index is 533. The van der Waals surface area contributed by atoms with E-state index in [9.17, 15) is 4.79 Å². The summed E-state index contributed by atoms with van der Waals surface area (Å²) in [6.07, 6.45) is 0. The summed E-state index contributed by atoms with van der Waals surface area (Å²) in [5, 5.41) is 15.4. The van der Waals surface area contributed by atoms with Gasteiger partial charge in [-0.05, 0) is 24.3 Å². The highest BCUT2D eigenvalue weighted by Gasteiger charge is 2.12. The molecule has 6 heteroatoms. The topological polar surface area (TPSA) is 84.6 Å². The zero-order valence-corrected chi connectivity index (χ0v) is 9.71. The summed E-state index contributed by atoms with van der Waals surface area (Å²) in [5.41, 5.74) is 0.740. The van der Waals surface area contributed by atoms with E-state index in [2.05, 4.69) is 10.5 Å². The van der Waals surface area contributed by atoms with Crippen LogP contribution in [-0.2, 0) is 11.3 Å². The molecule has 94 valence electrons. The van der Waals surface area contributed by atoms with Crippen LogP contribution in [-0.4, -0.2) is 23.3 Å². The van der Waals surface area contributed by atoms with E-state index in [-0.39, 0.29) is 24.0 Å². The third-order valence-electron chi connectivity index (χ3n) is 2.20. The third-order valence-corrected chi connectivity index (χ3v) is 2.20. The predicted molar refractivity (Wildman–Crippen MR) is 63.3 cm³/mol. The van der Waals surface area contributed by atoms with Crippen LogP contribution in [0.15, 0.2) is 34.9 Å². The minimum absolute atomic E-state index is 0.136. The van der Waals surface area contributed by atoms with E-state index < -0.39 is 0 Å². The van der Waals surface area contributed by atoms with Gasteiger partial charge in [0.15, 0.2) is 11.5 Å². The van der Waals surface area contributed by atoms with Crippen LogP contribution in [0.2, 0.25) is 0 Å². The second kappa shape index (κ2) is 5.33. The molecule has 0 fully saturated rings. The minimum atomic E-state index is -0.383. The maximum absolute atomic E-state index is 11.8. The first-order valence-electron chi connectivity index (χ1n) is 5.24. The molecule has 0 aliphatic carbocycles. The first-order valence-corrected chi connectivity index (χ1v) is 5.24. The van der Waals surface area contributed by atoms with Gasteiger partial charge in [-0.1, -0.05) is 5.16 Å². The number of rotatable bonds is 4. The van der Waals surface area contributed by atoms with Crippen molar-refractivity contribution >= 4 is 11.6 Å². The lowest BCUT2D eigenvalue weighted by Gasteiger charge is -2.01. The van der Waals surface area contributed by atoms with Crippen molar-refractivity contribution < 1.29 is 19.2 Å². The molecule has 1 aromatic carbocycles. The van der Waals surface area contributed by atoms with Crippen molar-refractivity contribution in [1.82, 2.24) is 5.16 Å². The minimum Gasteiger partial charge on any atom is -0.508 e. The van der Waals surface area contributed by atoms with Crippen LogP contribution in [0.4, 0.5) is 5.69 Å². The molecule has 0 saturated heterocycles. The van der Waals surface area contributed by atoms with Crippen LogP contribution in [0.5, 0.6) is 5.75 Å². The van der Waals surface area contributed by atoms with Crippen LogP contribution in [0.25, 0.3) is 0 Å². The largest absolute Gasteiger partial charge is 0.508 e. The van der Waals surface area contributed by atoms with Gasteiger partial charge in [0.2, 0.25) is 0 Å². The number of carbonyl (C=O) groups is 1. The zero-order valence-electron chi connectivity index (χ0n) is 9.71. The van der Waals surface area contributed by atoms with Gasteiger partial charge in [0.1, 0.15) is 12.4 Å². The fourth-order valence-corrected chi connectivity index (χ4v) is 1.37. The molecule has 0 atom stereocenters. The highest BCUT2D eigenvalue weighted by atomic mass is 16.5. The number of nitrogens with zero attached hydrogens (tertiary/aromatic N) is 1. The van der Waals surface area contributed by atoms with Gasteiger partial charge in [-0.2, -0.15) is 0 Å². The van der Waals surface area contributed by atoms with Crippen molar-refractivity contribution in [3.8, 4) is 5.75 Å². The van der Waals surface area contributed by atoms with Crippen LogP contribution < -0.4 is 5.32 Å². The average molecular weight is 248 g/mol. The molecule has 0 unspecified atom stereocenters. The van der Waals surface area contributed by atoms with Gasteiger partial charge in [0, 0.05) is 18.9 Å². The smallest absolute Gasteiger partial charge is 0.277 e. The number of anilines is 1. The Balaban J connectivity index is 2.04. The molecular formula is C12H12N2O4. The highest BCUT2D eigenvalue weighted by molar-refractivity contribution is 6.02. The number of aromatic nitrogens is 1. The summed E-state index contributed by atoms with van der Waals surface area (Å²) in [5.74, 6) is 0.233. The molecule has 1 amide bonds. The van der Waals surface area contributed by atoms with Gasteiger partial charge in [0.25, 0.3) is 5.91 Å². The number of phenols is 1. The van der Waals surface area contributed by atoms with Crippen molar-refractivity contribution in [3.05, 3.63) is 41.8 Å². The monoisotopic (exact) mass is 248 g/mol. The quantitative estimate of drug-likeness (QED) is 0.805. The maximum Gasteiger partial charge on any atom is 0.277 e. The lowest BCUT2D eigenvalue weighted by molar-refractivity contribution is 0.101. The van der Waals surface area contributed by atoms with Crippen LogP contribution in [0, 0.1) is 0 Å². The first-order chi connectivity index (χ1) is 8.69. The number of methoxy groups -OCH3 is 1. The SMILES string of the molecule is COCc1cc(C(=O)Nc2ccc(O)cc2)no1. The maximum atomic E-state index is 11.8. The Morgan fingerprint density at radius 2 is 2.17 bits per heavy atom. The van der Waals surface area contributed by atoms with E-state index in [0.717, 1.165) is 0 Å². The van der Waals surface area contributed by atoms with E-state index in [4.69, 9.17) is 14.4 Å². The Morgan fingerprint density at radius 1 is 1.44 bits per heavy atom. The summed E-state index contributed by atoms with van der Waals surface area (Å²) in [6.45, 7) is 0.263. The predicted octanol–water partition coefficient (Wildman–Crippen LogP) is 1.78. The number of hydrogen-bond donors (Lipinski definition) is 2. The molecular weight excluding hydrogens is 236 g/mol. The Morgan fingerprint density at radius 3 is 2.83 bits per heavy atom. The molecule has 18 heavy (non-hydrogen) atoms. The Labute approximate surface area is 103 Å². The number of hydrogen-bond acceptors (Lipinski definition) is 5. The fraction of sp³-hybridized carbons (Fsp3) is 0.167. The molecule has 2 aromatic rings. The molecule has 0 saturated carbocycles. The van der Waals surface area contributed by atoms with Gasteiger partial charge < -0.3 is 19.7 Å². The summed E-state index contributed by atoms with van der Waals surface area (Å²) in [7, 11) is 1.53. The summed E-state index contributed by atoms with van der Waals surface area (Å²) in [6, 6.07) is 7.65. The third kappa shape index (κ3) is 2.86. The summed E-state index contributed by atoms with van der Waals surface area (Å²) >= 11 is 0. The van der Waals surface area contributed by atoms with E-state index in [1.807, 2.05) is 0 Å². The summed E-state index contributed by atoms with van der Waals surface area (Å²) < 4.78 is 9.77. The van der Waals surface area contributed by atoms with Gasteiger partial charge >= 0.3 is 0 Å². The molecule has 2 N–H and O–H groups in total. The second-order valence-corrected chi connectivity index (χ2v) is 3.61. The lowest BCUT2D eigenvalue weighted by Crippen LogP contribution is -2.11. The van der Waals surface area contributed by atoms with Crippen molar-refractivity contribution in [3.63, 3.8) is 0 Å². The Hall–Kier alpha value is -2.34. The highest BCUT2D eigenvalue weighted by Crippen LogP contribution is 2.15. The number of nitrogens with one attached hydrogen (secondary N) is 1. The number of amides is 1. The number of ether oxygens (including phenoxy) is 1. The van der Waals surface area contributed by atoms with Gasteiger partial charge in [0.05, 0.1) is 0 Å². The van der Waals surface area contributed by atoms with E-state index in [1.165, 1.54) is 25.3 Å². The molecule has 0 aliphatic rings. The molecule has 1 aromatic heterocycles. The molecule has 0 spiro atoms. The molecule has 0 aliphatic heterocycles. The van der Waals surface area contributed by atoms with E-state index in [1.54, 1.807) is 12.1 Å². The van der Waals surface area contributed by atoms with Gasteiger partial charge in [-0.3, -0.25) is 4.79 Å². The van der Waals surface area contributed by atoms with Gasteiger partial charge in [-0.15, -0.1) is 0 Å². The molecule has 6 nitrogen and oxygen atoms in total. The van der Waals surface area contributed by atoms with Crippen LogP contribution in [0.3, 0.4) is 0 Å². The standard InChI is InChI=1S/C12H12N2O4/c1-17-7-10-6-11(14-18-10)12(16)13-8-2-4-9(15)5-3-8/h2-6,15H,7H2,1H3,(H,13,16). The molecule has 0 bridgehead atoms. The number of carbonyl (C=O) groups excluding carboxylic acids is 1. The van der Waals surface area contributed by atoms with Crippen molar-refractivity contribution in [2.24, 2.45) is 0 Å². The zero-order chi connectivity index (χ0) is 13.0. The van der Waals surface area contributed by atoms with Gasteiger partial charge in [-0.25, -0.2) is 0 Å². The molecule has 0 radical (unpaired) electrons. The lowest BCUT2D eigenvalue weighted by atomic mass is 10.3. The van der Waals surface area contributed by atoms with Crippen LogP contribution >= 0.6 is 0 Å². The van der Waals surface area contributed by atoms with E-state index >= 15 is 0 Å². The number of benzene rings is 1. The Kier molecular flexibility index (Phi) is 3.59. The first kappa shape index (κ1) is 12.1. The van der Waals surface area contributed by atoms with Crippen LogP contribution in [0.1, 0.15) is 16.2 Å². The molecule has 1 heterocycles. The van der Waals surface area contributed by atoms with Crippen molar-refractivity contribution in [1.29, 1.82) is 0 Å². The average Bonchev–Trinajstić information content (AvgIpc) is 2.81. The normalized spacial score (nSPS) is 10.3. The van der Waals surface area contributed by atoms with E-state index in [0.29, 0.717) is 11.4 Å². The number of phenolic OH excluding ortho intramolecular Hbond substituents is 1. The second-order valence-electron chi connectivity index (χ2n) is 3.61. The van der Waals surface area contributed by atoms with Crippen molar-refractivity contribution in [2.45, 2.75) is 6.61 Å².